The molecule has 9 heteroatoms. The van der Waals surface area contributed by atoms with Gasteiger partial charge in [-0.1, -0.05) is 35.4 Å². The first-order valence-corrected chi connectivity index (χ1v) is 14.0. The summed E-state index contributed by atoms with van der Waals surface area (Å²) >= 11 is 0. The van der Waals surface area contributed by atoms with Crippen LogP contribution in [-0.2, 0) is 33.3 Å². The zero-order valence-electron chi connectivity index (χ0n) is 18.6. The molecule has 0 spiro atoms. The molecule has 5 rings (SSSR count). The highest BCUT2D eigenvalue weighted by Gasteiger charge is 2.62. The summed E-state index contributed by atoms with van der Waals surface area (Å²) < 4.78 is 67.2. The van der Waals surface area contributed by atoms with E-state index in [1.807, 2.05) is 13.8 Å². The largest absolute Gasteiger partial charge is 0.369 e. The SMILES string of the molecule is Cc1ccc(S(=O)(=O)OC[C@H]2C[C@@H](COS(=O)(=O)c3ccc(C)cc3)[C@@H]3[C@H]2C[C@@H]2O[C@H]32)cc1. The van der Waals surface area contributed by atoms with Gasteiger partial charge in [-0.05, 0) is 74.6 Å². The van der Waals surface area contributed by atoms with E-state index in [9.17, 15) is 16.8 Å². The van der Waals surface area contributed by atoms with Crippen molar-refractivity contribution in [3.63, 3.8) is 0 Å². The van der Waals surface area contributed by atoms with Gasteiger partial charge < -0.3 is 4.74 Å². The molecular formula is C24H28O7S2. The van der Waals surface area contributed by atoms with Crippen LogP contribution in [0.1, 0.15) is 24.0 Å². The van der Waals surface area contributed by atoms with E-state index < -0.39 is 20.2 Å². The summed E-state index contributed by atoms with van der Waals surface area (Å²) in [6, 6.07) is 13.2. The maximum Gasteiger partial charge on any atom is 0.296 e. The normalized spacial score (nSPS) is 30.7. The quantitative estimate of drug-likeness (QED) is 0.411. The number of epoxide rings is 1. The summed E-state index contributed by atoms with van der Waals surface area (Å²) in [4.78, 5) is 0.281. The average Bonchev–Trinajstić information content (AvgIpc) is 3.29. The Bertz CT molecular complexity index is 1220. The smallest absolute Gasteiger partial charge is 0.296 e. The van der Waals surface area contributed by atoms with E-state index in [0.29, 0.717) is 6.42 Å². The van der Waals surface area contributed by atoms with Gasteiger partial charge in [-0.15, -0.1) is 0 Å². The van der Waals surface area contributed by atoms with Crippen LogP contribution in [0.5, 0.6) is 0 Å². The molecule has 2 aromatic rings. The molecule has 0 radical (unpaired) electrons. The Kier molecular flexibility index (Phi) is 5.89. The van der Waals surface area contributed by atoms with Gasteiger partial charge in [0.05, 0.1) is 35.2 Å². The molecule has 0 aromatic heterocycles. The van der Waals surface area contributed by atoms with Crippen molar-refractivity contribution >= 4 is 20.2 Å². The van der Waals surface area contributed by atoms with Gasteiger partial charge in [0.25, 0.3) is 20.2 Å². The maximum absolute atomic E-state index is 12.6. The Morgan fingerprint density at radius 2 is 1.24 bits per heavy atom. The molecule has 7 nitrogen and oxygen atoms in total. The molecule has 2 saturated carbocycles. The van der Waals surface area contributed by atoms with Crippen LogP contribution in [0.15, 0.2) is 58.3 Å². The topological polar surface area (TPSA) is 99.3 Å². The third-order valence-electron chi connectivity index (χ3n) is 7.25. The first-order chi connectivity index (χ1) is 15.6. The number of hydrogen-bond donors (Lipinski definition) is 0. The lowest BCUT2D eigenvalue weighted by atomic mass is 9.90. The summed E-state index contributed by atoms with van der Waals surface area (Å²) in [6.45, 7) is 3.93. The van der Waals surface area contributed by atoms with Crippen LogP contribution in [-0.4, -0.2) is 42.3 Å². The fourth-order valence-corrected chi connectivity index (χ4v) is 7.39. The summed E-state index contributed by atoms with van der Waals surface area (Å²) in [7, 11) is -7.70. The molecule has 3 fully saturated rings. The zero-order chi connectivity index (χ0) is 23.4. The summed E-state index contributed by atoms with van der Waals surface area (Å²) in [5, 5.41) is 0. The first kappa shape index (κ1) is 23.0. The summed E-state index contributed by atoms with van der Waals surface area (Å²) in [5.41, 5.74) is 1.94. The number of aryl methyl sites for hydroxylation is 2. The zero-order valence-corrected chi connectivity index (χ0v) is 20.2. The van der Waals surface area contributed by atoms with Gasteiger partial charge in [0.15, 0.2) is 0 Å². The van der Waals surface area contributed by atoms with Crippen molar-refractivity contribution in [3.8, 4) is 0 Å². The number of rotatable bonds is 8. The standard InChI is InChI=1S/C24H28O7S2/c1-15-3-7-19(8-4-15)32(25,26)29-13-17-11-18(23-21(17)12-22-24(23)31-22)14-30-33(27,28)20-9-5-16(2)6-10-20/h3-10,17-18,21-24H,11-14H2,1-2H3/t17-,18+,21+,22+,23-,24+/m1/s1. The van der Waals surface area contributed by atoms with Crippen molar-refractivity contribution in [3.05, 3.63) is 59.7 Å². The molecule has 0 unspecified atom stereocenters. The number of benzene rings is 2. The minimum atomic E-state index is -3.86. The Balaban J connectivity index is 1.25. The van der Waals surface area contributed by atoms with E-state index in [-0.39, 0.29) is 58.9 Å². The molecule has 178 valence electrons. The monoisotopic (exact) mass is 492 g/mol. The lowest BCUT2D eigenvalue weighted by Crippen LogP contribution is -2.23. The van der Waals surface area contributed by atoms with Crippen LogP contribution in [0, 0.1) is 37.5 Å². The molecule has 2 aromatic carbocycles. The molecule has 0 N–H and O–H groups in total. The van der Waals surface area contributed by atoms with Gasteiger partial charge in [-0.3, -0.25) is 8.37 Å². The van der Waals surface area contributed by atoms with Crippen LogP contribution < -0.4 is 0 Å². The lowest BCUT2D eigenvalue weighted by molar-refractivity contribution is 0.140. The van der Waals surface area contributed by atoms with Crippen LogP contribution in [0.25, 0.3) is 0 Å². The van der Waals surface area contributed by atoms with E-state index in [1.165, 1.54) is 0 Å². The number of hydrogen-bond acceptors (Lipinski definition) is 7. The van der Waals surface area contributed by atoms with Gasteiger partial charge in [0, 0.05) is 0 Å². The number of ether oxygens (including phenoxy) is 1. The van der Waals surface area contributed by atoms with Crippen LogP contribution >= 0.6 is 0 Å². The van der Waals surface area contributed by atoms with E-state index >= 15 is 0 Å². The Morgan fingerprint density at radius 3 is 1.76 bits per heavy atom. The van der Waals surface area contributed by atoms with Crippen molar-refractivity contribution in [2.24, 2.45) is 23.7 Å². The van der Waals surface area contributed by atoms with Crippen molar-refractivity contribution in [1.82, 2.24) is 0 Å². The second-order valence-electron chi connectivity index (χ2n) is 9.48. The lowest BCUT2D eigenvalue weighted by Gasteiger charge is -2.21. The fourth-order valence-electron chi connectivity index (χ4n) is 5.47. The Morgan fingerprint density at radius 1 is 0.758 bits per heavy atom. The molecule has 3 aliphatic rings. The molecule has 33 heavy (non-hydrogen) atoms. The highest BCUT2D eigenvalue weighted by molar-refractivity contribution is 7.87. The van der Waals surface area contributed by atoms with Gasteiger partial charge in [-0.25, -0.2) is 0 Å². The molecule has 2 aliphatic carbocycles. The van der Waals surface area contributed by atoms with Crippen molar-refractivity contribution in [2.45, 2.75) is 48.7 Å². The van der Waals surface area contributed by atoms with Gasteiger partial charge >= 0.3 is 0 Å². The molecule has 1 heterocycles. The highest BCUT2D eigenvalue weighted by atomic mass is 32.2. The maximum atomic E-state index is 12.6. The van der Waals surface area contributed by atoms with Crippen molar-refractivity contribution in [2.75, 3.05) is 13.2 Å². The van der Waals surface area contributed by atoms with Gasteiger partial charge in [0.1, 0.15) is 0 Å². The van der Waals surface area contributed by atoms with Crippen LogP contribution in [0.2, 0.25) is 0 Å². The van der Waals surface area contributed by atoms with E-state index in [2.05, 4.69) is 0 Å². The molecule has 1 saturated heterocycles. The highest BCUT2D eigenvalue weighted by Crippen LogP contribution is 2.59. The second kappa shape index (κ2) is 8.46. The van der Waals surface area contributed by atoms with Gasteiger partial charge in [0.2, 0.25) is 0 Å². The molecule has 1 aliphatic heterocycles. The third kappa shape index (κ3) is 4.61. The minimum absolute atomic E-state index is 0.0160. The van der Waals surface area contributed by atoms with E-state index in [0.717, 1.165) is 17.5 Å². The predicted molar refractivity (Wildman–Crippen MR) is 120 cm³/mol. The van der Waals surface area contributed by atoms with Crippen molar-refractivity contribution < 1.29 is 29.9 Å². The van der Waals surface area contributed by atoms with E-state index in [4.69, 9.17) is 13.1 Å². The Hall–Kier alpha value is -1.78. The Labute approximate surface area is 195 Å². The minimum Gasteiger partial charge on any atom is -0.369 e. The third-order valence-corrected chi connectivity index (χ3v) is 9.84. The summed E-state index contributed by atoms with van der Waals surface area (Å²) in [5.74, 6) is 0.405. The summed E-state index contributed by atoms with van der Waals surface area (Å²) in [6.07, 6.45) is 1.81. The predicted octanol–water partition coefficient (Wildman–Crippen LogP) is 3.45. The average molecular weight is 493 g/mol. The molecule has 6 atom stereocenters. The van der Waals surface area contributed by atoms with Crippen LogP contribution in [0.4, 0.5) is 0 Å². The first-order valence-electron chi connectivity index (χ1n) is 11.2. The van der Waals surface area contributed by atoms with Gasteiger partial charge in [-0.2, -0.15) is 16.8 Å². The van der Waals surface area contributed by atoms with E-state index in [1.54, 1.807) is 48.5 Å². The van der Waals surface area contributed by atoms with Crippen LogP contribution in [0.3, 0.4) is 0 Å². The van der Waals surface area contributed by atoms with Crippen molar-refractivity contribution in [1.29, 1.82) is 0 Å². The molecular weight excluding hydrogens is 464 g/mol. The second-order valence-corrected chi connectivity index (χ2v) is 12.7. The molecule has 0 bridgehead atoms. The number of fused-ring (bicyclic) bond motifs is 3. The fraction of sp³-hybridized carbons (Fsp3) is 0.500. The molecule has 0 amide bonds.